The lowest BCUT2D eigenvalue weighted by Crippen LogP contribution is -2.29. The van der Waals surface area contributed by atoms with E-state index in [1.54, 1.807) is 0 Å². The van der Waals surface area contributed by atoms with Crippen LogP contribution in [-0.4, -0.2) is 36.0 Å². The Bertz CT molecular complexity index is 671. The predicted octanol–water partition coefficient (Wildman–Crippen LogP) is 2.85. The summed E-state index contributed by atoms with van der Waals surface area (Å²) in [6, 6.07) is 9.99. The van der Waals surface area contributed by atoms with Crippen molar-refractivity contribution in [1.29, 1.82) is 0 Å². The van der Waals surface area contributed by atoms with Crippen LogP contribution in [0.2, 0.25) is 0 Å². The van der Waals surface area contributed by atoms with Crippen molar-refractivity contribution in [3.8, 4) is 11.5 Å². The molecule has 1 fully saturated rings. The molecular formula is C18H21N3O2. The number of hydrogen-bond acceptors (Lipinski definition) is 5. The van der Waals surface area contributed by atoms with Crippen LogP contribution in [0.5, 0.6) is 11.5 Å². The van der Waals surface area contributed by atoms with Crippen LogP contribution >= 0.6 is 0 Å². The summed E-state index contributed by atoms with van der Waals surface area (Å²) in [6.45, 7) is 2.85. The number of aromatic nitrogens is 2. The number of benzene rings is 1. The minimum atomic E-state index is 0.0714. The summed E-state index contributed by atoms with van der Waals surface area (Å²) in [5.41, 5.74) is 2.22. The Balaban J connectivity index is 1.37. The van der Waals surface area contributed by atoms with Crippen molar-refractivity contribution in [2.75, 3.05) is 24.6 Å². The molecule has 0 unspecified atom stereocenters. The second-order valence-electron chi connectivity index (χ2n) is 6.14. The first-order valence-corrected chi connectivity index (χ1v) is 8.33. The van der Waals surface area contributed by atoms with Crippen molar-refractivity contribution in [3.05, 3.63) is 42.2 Å². The summed E-state index contributed by atoms with van der Waals surface area (Å²) in [5, 5.41) is 8.43. The Kier molecular flexibility index (Phi) is 4.01. The van der Waals surface area contributed by atoms with Gasteiger partial charge in [-0.15, -0.1) is 0 Å². The third kappa shape index (κ3) is 3.23. The van der Waals surface area contributed by atoms with Crippen molar-refractivity contribution in [3.63, 3.8) is 0 Å². The van der Waals surface area contributed by atoms with Gasteiger partial charge in [-0.05, 0) is 43.9 Å². The molecular weight excluding hydrogens is 290 g/mol. The summed E-state index contributed by atoms with van der Waals surface area (Å²) in [7, 11) is 0. The summed E-state index contributed by atoms with van der Waals surface area (Å²) >= 11 is 0. The molecule has 1 aromatic heterocycles. The standard InChI is InChI=1S/C18H21N3O2/c1-2-6-18-17(5-1)22-13-16(23-18)8-7-14-11-15(12-19-20-14)21-9-3-4-10-21/h1-2,5-6,11-12,16H,3-4,7-10,13H2/t16-/m0/s1. The minimum Gasteiger partial charge on any atom is -0.486 e. The molecule has 4 rings (SSSR count). The molecule has 5 heteroatoms. The first kappa shape index (κ1) is 14.3. The van der Waals surface area contributed by atoms with Gasteiger partial charge >= 0.3 is 0 Å². The van der Waals surface area contributed by atoms with Gasteiger partial charge in [0.05, 0.1) is 17.6 Å². The smallest absolute Gasteiger partial charge is 0.161 e. The van der Waals surface area contributed by atoms with Crippen molar-refractivity contribution in [2.45, 2.75) is 31.8 Å². The van der Waals surface area contributed by atoms with E-state index in [0.717, 1.165) is 43.1 Å². The maximum atomic E-state index is 6.00. The van der Waals surface area contributed by atoms with E-state index < -0.39 is 0 Å². The second-order valence-corrected chi connectivity index (χ2v) is 6.14. The lowest BCUT2D eigenvalue weighted by molar-refractivity contribution is 0.0849. The van der Waals surface area contributed by atoms with Crippen molar-refractivity contribution in [1.82, 2.24) is 10.2 Å². The van der Waals surface area contributed by atoms with Gasteiger partial charge in [0.15, 0.2) is 11.5 Å². The third-order valence-corrected chi connectivity index (χ3v) is 4.45. The molecule has 0 aliphatic carbocycles. The van der Waals surface area contributed by atoms with E-state index in [2.05, 4.69) is 21.2 Å². The highest BCUT2D eigenvalue weighted by atomic mass is 16.6. The lowest BCUT2D eigenvalue weighted by Gasteiger charge is -2.26. The summed E-state index contributed by atoms with van der Waals surface area (Å²) in [5.74, 6) is 1.67. The monoisotopic (exact) mass is 311 g/mol. The number of nitrogens with zero attached hydrogens (tertiary/aromatic N) is 3. The molecule has 23 heavy (non-hydrogen) atoms. The zero-order valence-corrected chi connectivity index (χ0v) is 13.1. The third-order valence-electron chi connectivity index (χ3n) is 4.45. The number of aryl methyl sites for hydroxylation is 1. The molecule has 0 bridgehead atoms. The van der Waals surface area contributed by atoms with E-state index in [1.807, 2.05) is 30.5 Å². The fourth-order valence-corrected chi connectivity index (χ4v) is 3.18. The quantitative estimate of drug-likeness (QED) is 0.869. The molecule has 2 aliphatic heterocycles. The molecule has 3 heterocycles. The van der Waals surface area contributed by atoms with Gasteiger partial charge in [0.1, 0.15) is 12.7 Å². The molecule has 1 atom stereocenters. The zero-order chi connectivity index (χ0) is 15.5. The summed E-state index contributed by atoms with van der Waals surface area (Å²) < 4.78 is 11.8. The number of para-hydroxylation sites is 2. The molecule has 0 spiro atoms. The van der Waals surface area contributed by atoms with Gasteiger partial charge in [0.25, 0.3) is 0 Å². The Morgan fingerprint density at radius 1 is 1.13 bits per heavy atom. The Hall–Kier alpha value is -2.30. The van der Waals surface area contributed by atoms with Crippen LogP contribution < -0.4 is 14.4 Å². The number of hydrogen-bond donors (Lipinski definition) is 0. The average Bonchev–Trinajstić information content (AvgIpc) is 3.15. The Morgan fingerprint density at radius 2 is 1.96 bits per heavy atom. The van der Waals surface area contributed by atoms with E-state index in [-0.39, 0.29) is 6.10 Å². The normalized spacial score (nSPS) is 19.8. The molecule has 5 nitrogen and oxygen atoms in total. The fourth-order valence-electron chi connectivity index (χ4n) is 3.18. The number of anilines is 1. The minimum absolute atomic E-state index is 0.0714. The number of fused-ring (bicyclic) bond motifs is 1. The van der Waals surface area contributed by atoms with Crippen LogP contribution in [0.25, 0.3) is 0 Å². The number of ether oxygens (including phenoxy) is 2. The van der Waals surface area contributed by atoms with E-state index >= 15 is 0 Å². The van der Waals surface area contributed by atoms with Crippen molar-refractivity contribution >= 4 is 5.69 Å². The van der Waals surface area contributed by atoms with Gasteiger partial charge in [0.2, 0.25) is 0 Å². The predicted molar refractivity (Wildman–Crippen MR) is 88.2 cm³/mol. The summed E-state index contributed by atoms with van der Waals surface area (Å²) in [4.78, 5) is 2.38. The van der Waals surface area contributed by atoms with Crippen LogP contribution in [0.4, 0.5) is 5.69 Å². The van der Waals surface area contributed by atoms with Crippen molar-refractivity contribution < 1.29 is 9.47 Å². The first-order valence-electron chi connectivity index (χ1n) is 8.33. The maximum Gasteiger partial charge on any atom is 0.161 e. The maximum absolute atomic E-state index is 6.00. The van der Waals surface area contributed by atoms with Gasteiger partial charge in [-0.1, -0.05) is 12.1 Å². The highest BCUT2D eigenvalue weighted by Gasteiger charge is 2.21. The zero-order valence-electron chi connectivity index (χ0n) is 13.1. The summed E-state index contributed by atoms with van der Waals surface area (Å²) in [6.07, 6.45) is 6.21. The molecule has 2 aliphatic rings. The van der Waals surface area contributed by atoms with Crippen molar-refractivity contribution in [2.24, 2.45) is 0 Å². The largest absolute Gasteiger partial charge is 0.486 e. The molecule has 1 aromatic carbocycles. The van der Waals surface area contributed by atoms with Gasteiger partial charge in [0, 0.05) is 13.1 Å². The Morgan fingerprint density at radius 3 is 2.83 bits per heavy atom. The van der Waals surface area contributed by atoms with E-state index in [9.17, 15) is 0 Å². The second kappa shape index (κ2) is 6.44. The van der Waals surface area contributed by atoms with Crippen LogP contribution in [0.3, 0.4) is 0 Å². The topological polar surface area (TPSA) is 47.5 Å². The van der Waals surface area contributed by atoms with Crippen LogP contribution in [0, 0.1) is 0 Å². The Labute approximate surface area is 136 Å². The fraction of sp³-hybridized carbons (Fsp3) is 0.444. The van der Waals surface area contributed by atoms with Gasteiger partial charge in [-0.3, -0.25) is 0 Å². The highest BCUT2D eigenvalue weighted by Crippen LogP contribution is 2.31. The molecule has 0 saturated carbocycles. The molecule has 0 N–H and O–H groups in total. The molecule has 1 saturated heterocycles. The van der Waals surface area contributed by atoms with Gasteiger partial charge < -0.3 is 14.4 Å². The van der Waals surface area contributed by atoms with E-state index in [0.29, 0.717) is 6.61 Å². The molecule has 0 amide bonds. The molecule has 120 valence electrons. The van der Waals surface area contributed by atoms with Crippen LogP contribution in [-0.2, 0) is 6.42 Å². The SMILES string of the molecule is c1ccc2c(c1)OC[C@H](CCc1cc(N3CCCC3)cnn1)O2. The lowest BCUT2D eigenvalue weighted by atomic mass is 10.1. The highest BCUT2D eigenvalue weighted by molar-refractivity contribution is 5.45. The molecule has 2 aromatic rings. The van der Waals surface area contributed by atoms with Crippen LogP contribution in [0.15, 0.2) is 36.5 Å². The average molecular weight is 311 g/mol. The van der Waals surface area contributed by atoms with Gasteiger partial charge in [-0.25, -0.2) is 0 Å². The number of rotatable bonds is 4. The van der Waals surface area contributed by atoms with Crippen LogP contribution in [0.1, 0.15) is 25.0 Å². The first-order chi connectivity index (χ1) is 11.4. The molecule has 0 radical (unpaired) electrons. The van der Waals surface area contributed by atoms with Gasteiger partial charge in [-0.2, -0.15) is 10.2 Å². The van der Waals surface area contributed by atoms with E-state index in [4.69, 9.17) is 9.47 Å². The van der Waals surface area contributed by atoms with E-state index in [1.165, 1.54) is 18.5 Å².